The van der Waals surface area contributed by atoms with Gasteiger partial charge in [0, 0.05) is 6.42 Å². The molecule has 0 spiro atoms. The first-order valence-corrected chi connectivity index (χ1v) is 11.2. The fraction of sp³-hybridized carbons (Fsp3) is 0.600. The van der Waals surface area contributed by atoms with Crippen molar-refractivity contribution in [3.05, 3.63) is 0 Å². The number of carboxylic acids is 3. The van der Waals surface area contributed by atoms with Gasteiger partial charge in [-0.15, -0.1) is 0 Å². The predicted molar refractivity (Wildman–Crippen MR) is 125 cm³/mol. The van der Waals surface area contributed by atoms with E-state index in [0.29, 0.717) is 0 Å². The summed E-state index contributed by atoms with van der Waals surface area (Å²) in [6.45, 7) is -1.43. The number of nitrogens with one attached hydrogen (secondary N) is 5. The van der Waals surface area contributed by atoms with Crippen molar-refractivity contribution in [1.82, 2.24) is 26.6 Å². The molecule has 12 N–H and O–H groups in total. The van der Waals surface area contributed by atoms with E-state index in [1.54, 1.807) is 0 Å². The lowest BCUT2D eigenvalue weighted by Crippen LogP contribution is -2.57. The molecule has 39 heavy (non-hydrogen) atoms. The molecule has 0 rings (SSSR count). The smallest absolute Gasteiger partial charge is 0.326 e. The minimum Gasteiger partial charge on any atom is -0.481 e. The Bertz CT molecular complexity index is 943. The van der Waals surface area contributed by atoms with Gasteiger partial charge in [-0.3, -0.25) is 33.6 Å². The lowest BCUT2D eigenvalue weighted by molar-refractivity contribution is -0.143. The summed E-state index contributed by atoms with van der Waals surface area (Å²) in [6.07, 6.45) is -1.87. The molecule has 0 saturated carbocycles. The fourth-order valence-electron chi connectivity index (χ4n) is 2.68. The number of amides is 5. The summed E-state index contributed by atoms with van der Waals surface area (Å²) >= 11 is 0. The fourth-order valence-corrected chi connectivity index (χ4v) is 2.68. The van der Waals surface area contributed by atoms with E-state index in [4.69, 9.17) is 26.2 Å². The van der Waals surface area contributed by atoms with E-state index in [-0.39, 0.29) is 0 Å². The van der Waals surface area contributed by atoms with Gasteiger partial charge in [0.25, 0.3) is 0 Å². The zero-order valence-corrected chi connectivity index (χ0v) is 20.7. The van der Waals surface area contributed by atoms with Crippen LogP contribution in [-0.2, 0) is 38.4 Å². The molecule has 0 saturated heterocycles. The van der Waals surface area contributed by atoms with Gasteiger partial charge in [0.05, 0.1) is 26.2 Å². The Hall–Kier alpha value is -4.36. The molecule has 0 bridgehead atoms. The molecule has 0 fully saturated rings. The number of carbonyl (C=O) groups excluding carboxylic acids is 5. The number of hydrogen-bond acceptors (Lipinski definition) is 11. The van der Waals surface area contributed by atoms with E-state index in [0.717, 1.165) is 6.92 Å². The van der Waals surface area contributed by atoms with Crippen molar-refractivity contribution in [2.45, 2.75) is 56.4 Å². The third kappa shape index (κ3) is 13.7. The molecule has 0 aliphatic heterocycles. The van der Waals surface area contributed by atoms with E-state index in [1.165, 1.54) is 0 Å². The summed E-state index contributed by atoms with van der Waals surface area (Å²) in [7, 11) is 0. The van der Waals surface area contributed by atoms with Gasteiger partial charge < -0.3 is 57.9 Å². The summed E-state index contributed by atoms with van der Waals surface area (Å²) in [5.41, 5.74) is 5.29. The second kappa shape index (κ2) is 17.2. The Balaban J connectivity index is 4.99. The van der Waals surface area contributed by atoms with Crippen LogP contribution in [0.25, 0.3) is 0 Å². The van der Waals surface area contributed by atoms with E-state index in [2.05, 4.69) is 5.32 Å². The van der Waals surface area contributed by atoms with Crippen molar-refractivity contribution in [3.63, 3.8) is 0 Å². The average molecular weight is 565 g/mol. The highest BCUT2D eigenvalue weighted by molar-refractivity contribution is 5.96. The van der Waals surface area contributed by atoms with Crippen molar-refractivity contribution in [3.8, 4) is 0 Å². The van der Waals surface area contributed by atoms with Crippen LogP contribution in [0, 0.1) is 0 Å². The van der Waals surface area contributed by atoms with Crippen LogP contribution >= 0.6 is 0 Å². The van der Waals surface area contributed by atoms with Crippen LogP contribution in [0.15, 0.2) is 0 Å². The van der Waals surface area contributed by atoms with Crippen LogP contribution < -0.4 is 32.3 Å². The van der Waals surface area contributed by atoms with Crippen LogP contribution in [0.5, 0.6) is 0 Å². The van der Waals surface area contributed by atoms with E-state index >= 15 is 0 Å². The number of aliphatic hydroxyl groups excluding tert-OH is 2. The molecule has 0 radical (unpaired) electrons. The highest BCUT2D eigenvalue weighted by Crippen LogP contribution is 2.00. The number of aliphatic hydroxyl groups is 2. The molecule has 220 valence electrons. The van der Waals surface area contributed by atoms with Crippen LogP contribution in [-0.4, -0.2) is 123 Å². The van der Waals surface area contributed by atoms with Crippen molar-refractivity contribution in [2.24, 2.45) is 5.73 Å². The first-order chi connectivity index (χ1) is 18.1. The van der Waals surface area contributed by atoms with Gasteiger partial charge in [0.15, 0.2) is 0 Å². The molecule has 0 aromatic rings. The number of hydrogen-bond donors (Lipinski definition) is 11. The molecule has 0 aliphatic carbocycles. The molecule has 19 nitrogen and oxygen atoms in total. The van der Waals surface area contributed by atoms with E-state index in [1.807, 2.05) is 21.3 Å². The van der Waals surface area contributed by atoms with Crippen molar-refractivity contribution < 1.29 is 63.9 Å². The van der Waals surface area contributed by atoms with Crippen molar-refractivity contribution >= 4 is 47.4 Å². The maximum atomic E-state index is 12.3. The molecule has 19 heteroatoms. The molecule has 0 aliphatic rings. The summed E-state index contributed by atoms with van der Waals surface area (Å²) in [5, 5.41) is 55.2. The maximum absolute atomic E-state index is 12.3. The normalized spacial score (nSPS) is 14.4. The van der Waals surface area contributed by atoms with Gasteiger partial charge >= 0.3 is 17.9 Å². The SMILES string of the molecule is C[C@H](NC(=O)[C@H](CO)NC(=O)CNC(=O)[C@H](CC(=O)O)NC(=O)[C@@H](N)CO)C(=O)N[C@@H](CCC(=O)O)C(=O)O. The van der Waals surface area contributed by atoms with Gasteiger partial charge in [-0.25, -0.2) is 4.79 Å². The lowest BCUT2D eigenvalue weighted by atomic mass is 10.1. The minimum atomic E-state index is -1.66. The molecule has 0 aromatic carbocycles. The Kier molecular flexibility index (Phi) is 15.3. The largest absolute Gasteiger partial charge is 0.481 e. The Morgan fingerprint density at radius 2 is 1.28 bits per heavy atom. The molecular formula is C20H32N6O13. The molecule has 0 aromatic heterocycles. The van der Waals surface area contributed by atoms with Crippen molar-refractivity contribution in [1.29, 1.82) is 0 Å². The van der Waals surface area contributed by atoms with Gasteiger partial charge in [-0.05, 0) is 13.3 Å². The van der Waals surface area contributed by atoms with Crippen LogP contribution in [0.1, 0.15) is 26.2 Å². The van der Waals surface area contributed by atoms with Crippen LogP contribution in [0.4, 0.5) is 0 Å². The summed E-state index contributed by atoms with van der Waals surface area (Å²) in [5.74, 6) is -9.54. The number of carbonyl (C=O) groups is 8. The van der Waals surface area contributed by atoms with Crippen LogP contribution in [0.3, 0.4) is 0 Å². The first kappa shape index (κ1) is 34.6. The van der Waals surface area contributed by atoms with Gasteiger partial charge in [0.1, 0.15) is 30.2 Å². The molecular weight excluding hydrogens is 532 g/mol. The number of aliphatic carboxylic acids is 3. The molecule has 5 atom stereocenters. The van der Waals surface area contributed by atoms with Gasteiger partial charge in [-0.2, -0.15) is 0 Å². The van der Waals surface area contributed by atoms with Crippen molar-refractivity contribution in [2.75, 3.05) is 19.8 Å². The Labute approximate surface area is 220 Å². The second-order valence-electron chi connectivity index (χ2n) is 8.03. The average Bonchev–Trinajstić information content (AvgIpc) is 2.86. The van der Waals surface area contributed by atoms with Crippen LogP contribution in [0.2, 0.25) is 0 Å². The Morgan fingerprint density at radius 3 is 1.77 bits per heavy atom. The number of carboxylic acid groups (broad SMARTS) is 3. The molecule has 5 amide bonds. The van der Waals surface area contributed by atoms with E-state index in [9.17, 15) is 43.5 Å². The third-order valence-electron chi connectivity index (χ3n) is 4.82. The quantitative estimate of drug-likeness (QED) is 0.0738. The second-order valence-corrected chi connectivity index (χ2v) is 8.03. The summed E-state index contributed by atoms with van der Waals surface area (Å²) in [6, 6.07) is -7.67. The summed E-state index contributed by atoms with van der Waals surface area (Å²) in [4.78, 5) is 93.5. The van der Waals surface area contributed by atoms with E-state index < -0.39 is 117 Å². The standard InChI is InChI=1S/C20H32N6O13/c1-8(16(34)25-10(20(38)39)2-3-14(30)31)23-19(37)12(7-28)24-13(29)5-22-18(36)11(4-15(32)33)26-17(35)9(21)6-27/h8-12,27-28H,2-7,21H2,1H3,(H,22,36)(H,23,37)(H,24,29)(H,25,34)(H,26,35)(H,30,31)(H,32,33)(H,38,39)/t8-,9-,10-,11-,12-/m0/s1. The first-order valence-electron chi connectivity index (χ1n) is 11.2. The molecule has 0 unspecified atom stereocenters. The monoisotopic (exact) mass is 564 g/mol. The predicted octanol–water partition coefficient (Wildman–Crippen LogP) is -6.20. The zero-order valence-electron chi connectivity index (χ0n) is 20.7. The maximum Gasteiger partial charge on any atom is 0.326 e. The number of nitrogens with two attached hydrogens (primary N) is 1. The zero-order chi connectivity index (χ0) is 30.3. The highest BCUT2D eigenvalue weighted by Gasteiger charge is 2.29. The highest BCUT2D eigenvalue weighted by atomic mass is 16.4. The van der Waals surface area contributed by atoms with Gasteiger partial charge in [-0.1, -0.05) is 0 Å². The topological polar surface area (TPSA) is 324 Å². The summed E-state index contributed by atoms with van der Waals surface area (Å²) < 4.78 is 0. The van der Waals surface area contributed by atoms with Gasteiger partial charge in [0.2, 0.25) is 29.5 Å². The minimum absolute atomic E-state index is 0.427. The number of rotatable bonds is 18. The third-order valence-corrected chi connectivity index (χ3v) is 4.82. The molecule has 0 heterocycles. The lowest BCUT2D eigenvalue weighted by Gasteiger charge is -2.22. The Morgan fingerprint density at radius 1 is 0.692 bits per heavy atom.